The van der Waals surface area contributed by atoms with Crippen molar-refractivity contribution < 1.29 is 0 Å². The standard InChI is InChI=1S/C11H15N2/c1-2-4-11(5-3-1)10-13-8-6-12-7-9-13/h1-5,8,12H,6-7,9-10H2. The third-order valence-electron chi connectivity index (χ3n) is 2.30. The second kappa shape index (κ2) is 4.40. The molecular weight excluding hydrogens is 160 g/mol. The summed E-state index contributed by atoms with van der Waals surface area (Å²) in [4.78, 5) is 2.37. The Labute approximate surface area is 79.6 Å². The van der Waals surface area contributed by atoms with Crippen LogP contribution in [0, 0.1) is 6.54 Å². The van der Waals surface area contributed by atoms with Crippen molar-refractivity contribution in [1.82, 2.24) is 10.2 Å². The summed E-state index contributed by atoms with van der Waals surface area (Å²) in [5.74, 6) is 0. The van der Waals surface area contributed by atoms with Gasteiger partial charge < -0.3 is 5.32 Å². The van der Waals surface area contributed by atoms with Crippen LogP contribution in [0.2, 0.25) is 0 Å². The van der Waals surface area contributed by atoms with E-state index in [-0.39, 0.29) is 0 Å². The molecule has 1 fully saturated rings. The highest BCUT2D eigenvalue weighted by Crippen LogP contribution is 2.06. The molecule has 2 nitrogen and oxygen atoms in total. The summed E-state index contributed by atoms with van der Waals surface area (Å²) in [7, 11) is 0. The average molecular weight is 175 g/mol. The SMILES string of the molecule is [CH]1CNCCN1Cc1ccccc1. The van der Waals surface area contributed by atoms with Gasteiger partial charge in [-0.25, -0.2) is 0 Å². The van der Waals surface area contributed by atoms with E-state index in [1.165, 1.54) is 5.56 Å². The predicted molar refractivity (Wildman–Crippen MR) is 54.0 cm³/mol. The molecule has 1 saturated heterocycles. The van der Waals surface area contributed by atoms with Crippen molar-refractivity contribution in [2.24, 2.45) is 0 Å². The van der Waals surface area contributed by atoms with E-state index in [2.05, 4.69) is 47.1 Å². The van der Waals surface area contributed by atoms with E-state index >= 15 is 0 Å². The number of hydrogen-bond donors (Lipinski definition) is 1. The van der Waals surface area contributed by atoms with Crippen LogP contribution in [-0.2, 0) is 6.54 Å². The lowest BCUT2D eigenvalue weighted by Crippen LogP contribution is -2.39. The maximum atomic E-state index is 3.30. The highest BCUT2D eigenvalue weighted by molar-refractivity contribution is 5.14. The van der Waals surface area contributed by atoms with Crippen molar-refractivity contribution in [1.29, 1.82) is 0 Å². The minimum atomic E-state index is 1.01. The van der Waals surface area contributed by atoms with Gasteiger partial charge in [0.25, 0.3) is 0 Å². The molecule has 0 bridgehead atoms. The van der Waals surface area contributed by atoms with E-state index in [0.29, 0.717) is 0 Å². The first kappa shape index (κ1) is 8.73. The molecule has 1 heterocycles. The van der Waals surface area contributed by atoms with Gasteiger partial charge in [-0.05, 0) is 5.56 Å². The van der Waals surface area contributed by atoms with Crippen LogP contribution in [0.1, 0.15) is 5.56 Å². The van der Waals surface area contributed by atoms with Crippen LogP contribution in [-0.4, -0.2) is 24.5 Å². The Kier molecular flexibility index (Phi) is 2.95. The topological polar surface area (TPSA) is 15.3 Å². The average Bonchev–Trinajstić information content (AvgIpc) is 2.21. The van der Waals surface area contributed by atoms with Crippen molar-refractivity contribution in [3.63, 3.8) is 0 Å². The third-order valence-corrected chi connectivity index (χ3v) is 2.30. The fourth-order valence-electron chi connectivity index (χ4n) is 1.57. The Morgan fingerprint density at radius 2 is 2.08 bits per heavy atom. The molecule has 0 aromatic heterocycles. The van der Waals surface area contributed by atoms with Crippen LogP contribution in [0.3, 0.4) is 0 Å². The maximum Gasteiger partial charge on any atom is 0.0392 e. The molecule has 13 heavy (non-hydrogen) atoms. The first-order chi connectivity index (χ1) is 6.45. The Morgan fingerprint density at radius 3 is 2.77 bits per heavy atom. The fraction of sp³-hybridized carbons (Fsp3) is 0.364. The third kappa shape index (κ3) is 2.54. The molecule has 1 aliphatic rings. The molecule has 0 atom stereocenters. The van der Waals surface area contributed by atoms with Gasteiger partial charge in [0.05, 0.1) is 0 Å². The molecule has 1 N–H and O–H groups in total. The van der Waals surface area contributed by atoms with Crippen molar-refractivity contribution >= 4 is 0 Å². The van der Waals surface area contributed by atoms with Gasteiger partial charge in [-0.3, -0.25) is 4.90 Å². The number of benzene rings is 1. The van der Waals surface area contributed by atoms with E-state index in [0.717, 1.165) is 26.2 Å². The Hall–Kier alpha value is -0.860. The van der Waals surface area contributed by atoms with E-state index in [1.807, 2.05) is 0 Å². The normalized spacial score (nSPS) is 18.8. The zero-order valence-corrected chi connectivity index (χ0v) is 7.74. The minimum Gasteiger partial charge on any atom is -0.314 e. The van der Waals surface area contributed by atoms with Crippen LogP contribution in [0.5, 0.6) is 0 Å². The van der Waals surface area contributed by atoms with E-state index in [1.54, 1.807) is 0 Å². The lowest BCUT2D eigenvalue weighted by Gasteiger charge is -2.26. The molecule has 0 spiro atoms. The number of nitrogens with one attached hydrogen (secondary N) is 1. The summed E-state index contributed by atoms with van der Waals surface area (Å²) in [6, 6.07) is 10.6. The quantitative estimate of drug-likeness (QED) is 0.728. The lowest BCUT2D eigenvalue weighted by atomic mass is 10.2. The minimum absolute atomic E-state index is 1.01. The fourth-order valence-corrected chi connectivity index (χ4v) is 1.57. The van der Waals surface area contributed by atoms with Gasteiger partial charge in [-0.1, -0.05) is 30.3 Å². The number of nitrogens with zero attached hydrogens (tertiary/aromatic N) is 1. The predicted octanol–water partition coefficient (Wildman–Crippen LogP) is 1.25. The van der Waals surface area contributed by atoms with Gasteiger partial charge >= 0.3 is 0 Å². The molecule has 0 aliphatic carbocycles. The Balaban J connectivity index is 1.90. The number of hydrogen-bond acceptors (Lipinski definition) is 2. The van der Waals surface area contributed by atoms with Crippen molar-refractivity contribution in [3.05, 3.63) is 42.4 Å². The van der Waals surface area contributed by atoms with Crippen molar-refractivity contribution in [2.75, 3.05) is 19.6 Å². The molecule has 2 heteroatoms. The largest absolute Gasteiger partial charge is 0.314 e. The molecule has 1 radical (unpaired) electrons. The second-order valence-electron chi connectivity index (χ2n) is 3.34. The summed E-state index contributed by atoms with van der Waals surface area (Å²) in [6.07, 6.45) is 0. The summed E-state index contributed by atoms with van der Waals surface area (Å²) in [6.45, 7) is 6.50. The monoisotopic (exact) mass is 175 g/mol. The maximum absolute atomic E-state index is 3.30. The molecular formula is C11H15N2. The van der Waals surface area contributed by atoms with Gasteiger partial charge in [0, 0.05) is 32.7 Å². The summed E-state index contributed by atoms with van der Waals surface area (Å²) in [5.41, 5.74) is 1.39. The first-order valence-corrected chi connectivity index (χ1v) is 4.77. The highest BCUT2D eigenvalue weighted by Gasteiger charge is 2.09. The van der Waals surface area contributed by atoms with Crippen LogP contribution < -0.4 is 5.32 Å². The van der Waals surface area contributed by atoms with Crippen LogP contribution in [0.25, 0.3) is 0 Å². The van der Waals surface area contributed by atoms with Crippen LogP contribution in [0.4, 0.5) is 0 Å². The molecule has 0 saturated carbocycles. The molecule has 1 aliphatic heterocycles. The van der Waals surface area contributed by atoms with Crippen molar-refractivity contribution in [2.45, 2.75) is 6.54 Å². The van der Waals surface area contributed by atoms with Crippen LogP contribution in [0.15, 0.2) is 30.3 Å². The second-order valence-corrected chi connectivity index (χ2v) is 3.34. The molecule has 1 aromatic rings. The Morgan fingerprint density at radius 1 is 1.23 bits per heavy atom. The summed E-state index contributed by atoms with van der Waals surface area (Å²) < 4.78 is 0. The summed E-state index contributed by atoms with van der Waals surface area (Å²) in [5, 5.41) is 3.30. The van der Waals surface area contributed by atoms with Gasteiger partial charge in [0.15, 0.2) is 0 Å². The van der Waals surface area contributed by atoms with Gasteiger partial charge in [-0.2, -0.15) is 0 Å². The lowest BCUT2D eigenvalue weighted by molar-refractivity contribution is 0.286. The van der Waals surface area contributed by atoms with Gasteiger partial charge in [-0.15, -0.1) is 0 Å². The zero-order valence-electron chi connectivity index (χ0n) is 7.74. The molecule has 1 aromatic carbocycles. The summed E-state index contributed by atoms with van der Waals surface area (Å²) >= 11 is 0. The van der Waals surface area contributed by atoms with Gasteiger partial charge in [0.1, 0.15) is 0 Å². The first-order valence-electron chi connectivity index (χ1n) is 4.77. The Bertz CT molecular complexity index is 240. The van der Waals surface area contributed by atoms with E-state index in [4.69, 9.17) is 0 Å². The molecule has 69 valence electrons. The highest BCUT2D eigenvalue weighted by atomic mass is 15.2. The van der Waals surface area contributed by atoms with Crippen molar-refractivity contribution in [3.8, 4) is 0 Å². The smallest absolute Gasteiger partial charge is 0.0392 e. The number of piperazine rings is 1. The number of rotatable bonds is 2. The zero-order chi connectivity index (χ0) is 8.93. The molecule has 2 rings (SSSR count). The van der Waals surface area contributed by atoms with E-state index < -0.39 is 0 Å². The van der Waals surface area contributed by atoms with E-state index in [9.17, 15) is 0 Å². The molecule has 0 amide bonds. The van der Waals surface area contributed by atoms with Gasteiger partial charge in [0.2, 0.25) is 0 Å². The molecule has 0 unspecified atom stereocenters. The van der Waals surface area contributed by atoms with Crippen LogP contribution >= 0.6 is 0 Å².